The Balaban J connectivity index is 4.16. The Morgan fingerprint density at radius 2 is 2.07 bits per heavy atom. The lowest BCUT2D eigenvalue weighted by molar-refractivity contribution is -0.147. The molecule has 0 aromatic rings. The molecule has 3 nitrogen and oxygen atoms in total. The molecule has 14 heavy (non-hydrogen) atoms. The standard InChI is InChI=1S/C10H17ClO3/c1-3-5-6-7-10(11,8-12)9(13)14-4-2/h8H,3-7H2,1-2H3. The second-order valence-corrected chi connectivity index (χ2v) is 3.83. The average molecular weight is 221 g/mol. The fourth-order valence-electron chi connectivity index (χ4n) is 1.09. The third-order valence-electron chi connectivity index (χ3n) is 1.95. The number of hydrogen-bond acceptors (Lipinski definition) is 3. The zero-order valence-electron chi connectivity index (χ0n) is 8.72. The summed E-state index contributed by atoms with van der Waals surface area (Å²) < 4.78 is 4.73. The molecule has 0 spiro atoms. The van der Waals surface area contributed by atoms with Gasteiger partial charge in [-0.15, -0.1) is 0 Å². The quantitative estimate of drug-likeness (QED) is 0.217. The molecular weight excluding hydrogens is 204 g/mol. The maximum absolute atomic E-state index is 11.3. The summed E-state index contributed by atoms with van der Waals surface area (Å²) in [6.07, 6.45) is 3.57. The highest BCUT2D eigenvalue weighted by atomic mass is 35.5. The summed E-state index contributed by atoms with van der Waals surface area (Å²) in [5.41, 5.74) is 0. The molecule has 0 aliphatic rings. The van der Waals surface area contributed by atoms with E-state index in [2.05, 4.69) is 0 Å². The topological polar surface area (TPSA) is 43.4 Å². The van der Waals surface area contributed by atoms with Crippen molar-refractivity contribution in [2.24, 2.45) is 0 Å². The number of halogens is 1. The maximum Gasteiger partial charge on any atom is 0.334 e. The molecule has 0 aliphatic carbocycles. The minimum Gasteiger partial charge on any atom is -0.464 e. The lowest BCUT2D eigenvalue weighted by Gasteiger charge is -2.17. The molecule has 1 unspecified atom stereocenters. The summed E-state index contributed by atoms with van der Waals surface area (Å²) in [5.74, 6) is -0.632. The number of esters is 1. The van der Waals surface area contributed by atoms with E-state index in [9.17, 15) is 9.59 Å². The first-order valence-corrected chi connectivity index (χ1v) is 5.31. The molecule has 0 N–H and O–H groups in total. The summed E-state index contributed by atoms with van der Waals surface area (Å²) in [7, 11) is 0. The van der Waals surface area contributed by atoms with Crippen molar-refractivity contribution in [3.8, 4) is 0 Å². The molecule has 0 heterocycles. The number of hydrogen-bond donors (Lipinski definition) is 0. The minimum atomic E-state index is -1.47. The van der Waals surface area contributed by atoms with Crippen molar-refractivity contribution in [2.45, 2.75) is 44.4 Å². The zero-order valence-corrected chi connectivity index (χ0v) is 9.47. The molecule has 0 bridgehead atoms. The van der Waals surface area contributed by atoms with Crippen molar-refractivity contribution >= 4 is 23.9 Å². The fraction of sp³-hybridized carbons (Fsp3) is 0.800. The Morgan fingerprint density at radius 1 is 1.43 bits per heavy atom. The largest absolute Gasteiger partial charge is 0.464 e. The lowest BCUT2D eigenvalue weighted by atomic mass is 10.0. The third-order valence-corrected chi connectivity index (χ3v) is 2.38. The van der Waals surface area contributed by atoms with Gasteiger partial charge in [-0.25, -0.2) is 4.79 Å². The van der Waals surface area contributed by atoms with Crippen LogP contribution in [0.5, 0.6) is 0 Å². The van der Waals surface area contributed by atoms with E-state index in [4.69, 9.17) is 16.3 Å². The maximum atomic E-state index is 11.3. The zero-order chi connectivity index (χ0) is 11.0. The van der Waals surface area contributed by atoms with Gasteiger partial charge in [-0.05, 0) is 13.3 Å². The number of alkyl halides is 1. The van der Waals surface area contributed by atoms with Crippen molar-refractivity contribution in [2.75, 3.05) is 6.61 Å². The minimum absolute atomic E-state index is 0.245. The van der Waals surface area contributed by atoms with Crippen LogP contribution in [0.2, 0.25) is 0 Å². The van der Waals surface area contributed by atoms with Gasteiger partial charge < -0.3 is 9.53 Å². The summed E-state index contributed by atoms with van der Waals surface area (Å²) in [6.45, 7) is 3.97. The summed E-state index contributed by atoms with van der Waals surface area (Å²) in [6, 6.07) is 0. The molecule has 0 fully saturated rings. The van der Waals surface area contributed by atoms with Crippen molar-refractivity contribution in [1.82, 2.24) is 0 Å². The van der Waals surface area contributed by atoms with E-state index in [0.29, 0.717) is 12.7 Å². The van der Waals surface area contributed by atoms with Crippen molar-refractivity contribution in [3.05, 3.63) is 0 Å². The fourth-order valence-corrected chi connectivity index (χ4v) is 1.28. The van der Waals surface area contributed by atoms with Gasteiger partial charge in [0.2, 0.25) is 0 Å². The van der Waals surface area contributed by atoms with E-state index < -0.39 is 10.8 Å². The summed E-state index contributed by atoms with van der Waals surface area (Å²) >= 11 is 5.85. The van der Waals surface area contributed by atoms with Gasteiger partial charge in [-0.2, -0.15) is 0 Å². The molecule has 0 aromatic heterocycles. The Kier molecular flexibility index (Phi) is 6.54. The third kappa shape index (κ3) is 4.09. The smallest absolute Gasteiger partial charge is 0.334 e. The van der Waals surface area contributed by atoms with Crippen LogP contribution in [-0.2, 0) is 14.3 Å². The van der Waals surface area contributed by atoms with Gasteiger partial charge in [0.25, 0.3) is 0 Å². The van der Waals surface area contributed by atoms with Crippen molar-refractivity contribution in [1.29, 1.82) is 0 Å². The summed E-state index contributed by atoms with van der Waals surface area (Å²) in [5, 5.41) is 0. The second-order valence-electron chi connectivity index (χ2n) is 3.16. The predicted molar refractivity (Wildman–Crippen MR) is 55.4 cm³/mol. The molecule has 0 radical (unpaired) electrons. The molecule has 0 aromatic carbocycles. The highest BCUT2D eigenvalue weighted by Crippen LogP contribution is 2.22. The molecule has 1 atom stereocenters. The van der Waals surface area contributed by atoms with Crippen LogP contribution in [0.1, 0.15) is 39.5 Å². The van der Waals surface area contributed by atoms with Gasteiger partial charge in [0.05, 0.1) is 6.61 Å². The molecule has 0 amide bonds. The van der Waals surface area contributed by atoms with Crippen LogP contribution in [0.15, 0.2) is 0 Å². The predicted octanol–water partition coefficient (Wildman–Crippen LogP) is 2.31. The number of carbonyl (C=O) groups is 2. The number of unbranched alkanes of at least 4 members (excludes halogenated alkanes) is 2. The van der Waals surface area contributed by atoms with Crippen LogP contribution in [0.3, 0.4) is 0 Å². The van der Waals surface area contributed by atoms with Gasteiger partial charge in [-0.3, -0.25) is 0 Å². The SMILES string of the molecule is CCCCCC(Cl)(C=O)C(=O)OCC. The molecule has 0 saturated carbocycles. The first-order valence-electron chi connectivity index (χ1n) is 4.93. The Hall–Kier alpha value is -0.570. The van der Waals surface area contributed by atoms with Crippen molar-refractivity contribution < 1.29 is 14.3 Å². The van der Waals surface area contributed by atoms with Gasteiger partial charge in [0.1, 0.15) is 0 Å². The molecular formula is C10H17ClO3. The highest BCUT2D eigenvalue weighted by Gasteiger charge is 2.36. The van der Waals surface area contributed by atoms with Crippen LogP contribution in [0.25, 0.3) is 0 Å². The van der Waals surface area contributed by atoms with E-state index in [1.807, 2.05) is 6.92 Å². The van der Waals surface area contributed by atoms with Crippen molar-refractivity contribution in [3.63, 3.8) is 0 Å². The molecule has 0 aliphatic heterocycles. The van der Waals surface area contributed by atoms with Gasteiger partial charge in [-0.1, -0.05) is 37.8 Å². The van der Waals surface area contributed by atoms with Crippen LogP contribution >= 0.6 is 11.6 Å². The van der Waals surface area contributed by atoms with Gasteiger partial charge in [0, 0.05) is 0 Å². The Labute approximate surface area is 89.8 Å². The number of rotatable bonds is 7. The van der Waals surface area contributed by atoms with E-state index in [1.165, 1.54) is 0 Å². The Bertz CT molecular complexity index is 194. The van der Waals surface area contributed by atoms with E-state index >= 15 is 0 Å². The van der Waals surface area contributed by atoms with Gasteiger partial charge >= 0.3 is 5.97 Å². The number of aldehydes is 1. The first-order chi connectivity index (χ1) is 6.60. The monoisotopic (exact) mass is 220 g/mol. The molecule has 82 valence electrons. The molecule has 4 heteroatoms. The normalized spacial score (nSPS) is 14.5. The second kappa shape index (κ2) is 6.82. The van der Waals surface area contributed by atoms with Crippen LogP contribution in [0.4, 0.5) is 0 Å². The van der Waals surface area contributed by atoms with Crippen LogP contribution in [-0.4, -0.2) is 23.7 Å². The summed E-state index contributed by atoms with van der Waals surface area (Å²) in [4.78, 5) is 20.5. The van der Waals surface area contributed by atoms with E-state index in [0.717, 1.165) is 19.3 Å². The number of carbonyl (C=O) groups excluding carboxylic acids is 2. The Morgan fingerprint density at radius 3 is 2.50 bits per heavy atom. The average Bonchev–Trinajstić information content (AvgIpc) is 2.18. The first kappa shape index (κ1) is 13.4. The van der Waals surface area contributed by atoms with Gasteiger partial charge in [0.15, 0.2) is 11.2 Å². The molecule has 0 saturated heterocycles. The highest BCUT2D eigenvalue weighted by molar-refractivity contribution is 6.42. The number of ether oxygens (including phenoxy) is 1. The van der Waals surface area contributed by atoms with Crippen LogP contribution in [0, 0.1) is 0 Å². The molecule has 0 rings (SSSR count). The van der Waals surface area contributed by atoms with E-state index in [1.54, 1.807) is 6.92 Å². The van der Waals surface area contributed by atoms with E-state index in [-0.39, 0.29) is 6.61 Å². The van der Waals surface area contributed by atoms with Crippen LogP contribution < -0.4 is 0 Å². The lowest BCUT2D eigenvalue weighted by Crippen LogP contribution is -2.36.